The van der Waals surface area contributed by atoms with Crippen LogP contribution in [0.25, 0.3) is 16.6 Å². The Bertz CT molecular complexity index is 1270. The zero-order valence-corrected chi connectivity index (χ0v) is 16.3. The van der Waals surface area contributed by atoms with Gasteiger partial charge in [0, 0.05) is 0 Å². The fourth-order valence-corrected chi connectivity index (χ4v) is 2.95. The Labute approximate surface area is 177 Å². The van der Waals surface area contributed by atoms with Crippen LogP contribution in [0.3, 0.4) is 0 Å². The Balaban J connectivity index is 1.52. The molecule has 1 heterocycles. The smallest absolute Gasteiger partial charge is 0.342 e. The summed E-state index contributed by atoms with van der Waals surface area (Å²) in [6.45, 7) is -0.488. The molecular formula is C24H17N3O4. The van der Waals surface area contributed by atoms with Gasteiger partial charge in [-0.2, -0.15) is 5.26 Å². The van der Waals surface area contributed by atoms with Gasteiger partial charge in [-0.25, -0.2) is 9.78 Å². The Hall–Kier alpha value is -4.57. The summed E-state index contributed by atoms with van der Waals surface area (Å²) in [5.74, 6) is -0.0106. The van der Waals surface area contributed by atoms with E-state index in [9.17, 15) is 15.2 Å². The predicted molar refractivity (Wildman–Crippen MR) is 114 cm³/mol. The molecule has 4 rings (SSSR count). The molecule has 4 aromatic rings. The van der Waals surface area contributed by atoms with Crippen LogP contribution in [0.15, 0.2) is 84.6 Å². The van der Waals surface area contributed by atoms with Crippen molar-refractivity contribution in [3.8, 4) is 17.6 Å². The van der Waals surface area contributed by atoms with E-state index in [0.29, 0.717) is 17.0 Å². The minimum Gasteiger partial charge on any atom is -0.507 e. The van der Waals surface area contributed by atoms with Crippen LogP contribution in [0.1, 0.15) is 16.2 Å². The summed E-state index contributed by atoms with van der Waals surface area (Å²) in [5, 5.41) is 19.9. The molecular weight excluding hydrogens is 394 g/mol. The van der Waals surface area contributed by atoms with E-state index in [2.05, 4.69) is 9.97 Å². The molecule has 1 aromatic heterocycles. The van der Waals surface area contributed by atoms with Gasteiger partial charge in [-0.1, -0.05) is 42.5 Å². The van der Waals surface area contributed by atoms with Gasteiger partial charge in [0.2, 0.25) is 0 Å². The van der Waals surface area contributed by atoms with Gasteiger partial charge in [0.1, 0.15) is 35.3 Å². The lowest BCUT2D eigenvalue weighted by atomic mass is 10.2. The monoisotopic (exact) mass is 411 g/mol. The number of carbonyl (C=O) groups is 1. The number of hydrogen-bond donors (Lipinski definition) is 2. The molecule has 2 N–H and O–H groups in total. The molecule has 0 saturated carbocycles. The summed E-state index contributed by atoms with van der Waals surface area (Å²) >= 11 is 0. The average molecular weight is 411 g/mol. The summed E-state index contributed by atoms with van der Waals surface area (Å²) in [6.07, 6.45) is 0. The van der Waals surface area contributed by atoms with Crippen LogP contribution >= 0.6 is 0 Å². The number of aliphatic hydroxyl groups is 1. The zero-order valence-electron chi connectivity index (χ0n) is 16.3. The highest BCUT2D eigenvalue weighted by Crippen LogP contribution is 2.26. The van der Waals surface area contributed by atoms with Gasteiger partial charge in [0.15, 0.2) is 11.6 Å². The molecule has 3 aromatic carbocycles. The lowest BCUT2D eigenvalue weighted by molar-refractivity contribution is 0.0500. The van der Waals surface area contributed by atoms with Crippen LogP contribution in [0, 0.1) is 11.3 Å². The SMILES string of the molecule is N#C/C(=C(/O)COC(=O)c1ccccc1Oc1ccccc1)c1nc2ccccc2[nH]1. The van der Waals surface area contributed by atoms with Crippen molar-refractivity contribution in [1.82, 2.24) is 9.97 Å². The van der Waals surface area contributed by atoms with Crippen molar-refractivity contribution in [2.75, 3.05) is 6.61 Å². The summed E-state index contributed by atoms with van der Waals surface area (Å²) in [4.78, 5) is 19.9. The molecule has 0 atom stereocenters. The topological polar surface area (TPSA) is 108 Å². The van der Waals surface area contributed by atoms with Gasteiger partial charge in [0.05, 0.1) is 11.0 Å². The highest BCUT2D eigenvalue weighted by Gasteiger charge is 2.18. The molecule has 7 nitrogen and oxygen atoms in total. The quantitative estimate of drug-likeness (QED) is 0.262. The third kappa shape index (κ3) is 4.38. The molecule has 152 valence electrons. The van der Waals surface area contributed by atoms with Crippen molar-refractivity contribution in [2.45, 2.75) is 0 Å². The minimum atomic E-state index is -0.694. The van der Waals surface area contributed by atoms with Crippen LogP contribution in [-0.2, 0) is 4.74 Å². The number of esters is 1. The minimum absolute atomic E-state index is 0.0992. The standard InChI is InChI=1S/C24H17N3O4/c25-14-18(23-26-19-11-5-6-12-20(19)27-23)21(28)15-30-24(29)17-10-4-7-13-22(17)31-16-8-2-1-3-9-16/h1-13,28H,15H2,(H,26,27)/b21-18-. The highest BCUT2D eigenvalue weighted by molar-refractivity contribution is 5.93. The number of H-pyrrole nitrogens is 1. The Morgan fingerprint density at radius 3 is 2.48 bits per heavy atom. The number of benzene rings is 3. The van der Waals surface area contributed by atoms with E-state index < -0.39 is 18.3 Å². The molecule has 0 saturated heterocycles. The zero-order chi connectivity index (χ0) is 21.6. The van der Waals surface area contributed by atoms with Crippen molar-refractivity contribution in [3.05, 3.63) is 96.0 Å². The molecule has 0 aliphatic heterocycles. The average Bonchev–Trinajstić information content (AvgIpc) is 3.23. The number of nitriles is 1. The number of ether oxygens (including phenoxy) is 2. The van der Waals surface area contributed by atoms with Crippen molar-refractivity contribution < 1.29 is 19.4 Å². The molecule has 7 heteroatoms. The number of nitrogens with zero attached hydrogens (tertiary/aromatic N) is 2. The predicted octanol–water partition coefficient (Wildman–Crippen LogP) is 5.00. The second kappa shape index (κ2) is 8.84. The molecule has 0 amide bonds. The molecule has 0 aliphatic rings. The van der Waals surface area contributed by atoms with E-state index >= 15 is 0 Å². The summed E-state index contributed by atoms with van der Waals surface area (Å²) in [7, 11) is 0. The second-order valence-electron chi connectivity index (χ2n) is 6.52. The van der Waals surface area contributed by atoms with Crippen molar-refractivity contribution >= 4 is 22.6 Å². The number of nitrogens with one attached hydrogen (secondary N) is 1. The van der Waals surface area contributed by atoms with E-state index in [1.54, 1.807) is 42.5 Å². The fraction of sp³-hybridized carbons (Fsp3) is 0.0417. The number of allylic oxidation sites excluding steroid dienone is 1. The van der Waals surface area contributed by atoms with Gasteiger partial charge in [-0.3, -0.25) is 0 Å². The molecule has 0 aliphatic carbocycles. The van der Waals surface area contributed by atoms with Crippen LogP contribution in [0.2, 0.25) is 0 Å². The van der Waals surface area contributed by atoms with Crippen LogP contribution < -0.4 is 4.74 Å². The lowest BCUT2D eigenvalue weighted by Gasteiger charge is -2.11. The maximum Gasteiger partial charge on any atom is 0.342 e. The van der Waals surface area contributed by atoms with Gasteiger partial charge in [-0.05, 0) is 36.4 Å². The fourth-order valence-electron chi connectivity index (χ4n) is 2.95. The maximum atomic E-state index is 12.6. The third-order valence-electron chi connectivity index (χ3n) is 4.44. The van der Waals surface area contributed by atoms with Crippen molar-refractivity contribution in [2.24, 2.45) is 0 Å². The molecule has 0 radical (unpaired) electrons. The van der Waals surface area contributed by atoms with Crippen LogP contribution in [0.5, 0.6) is 11.5 Å². The second-order valence-corrected chi connectivity index (χ2v) is 6.52. The number of para-hydroxylation sites is 4. The molecule has 0 bridgehead atoms. The highest BCUT2D eigenvalue weighted by atomic mass is 16.5. The first-order valence-electron chi connectivity index (χ1n) is 9.42. The van der Waals surface area contributed by atoms with Gasteiger partial charge >= 0.3 is 5.97 Å². The van der Waals surface area contributed by atoms with E-state index in [0.717, 1.165) is 5.52 Å². The maximum absolute atomic E-state index is 12.6. The molecule has 0 unspecified atom stereocenters. The number of fused-ring (bicyclic) bond motifs is 1. The van der Waals surface area contributed by atoms with Crippen LogP contribution in [0.4, 0.5) is 0 Å². The number of aromatic nitrogens is 2. The number of imidazole rings is 1. The number of aliphatic hydroxyl groups excluding tert-OH is 1. The van der Waals surface area contributed by atoms with E-state index in [1.807, 2.05) is 42.5 Å². The van der Waals surface area contributed by atoms with Gasteiger partial charge in [0.25, 0.3) is 0 Å². The first-order valence-corrected chi connectivity index (χ1v) is 9.42. The lowest BCUT2D eigenvalue weighted by Crippen LogP contribution is -2.10. The number of hydrogen-bond acceptors (Lipinski definition) is 6. The first kappa shape index (κ1) is 19.7. The van der Waals surface area contributed by atoms with E-state index in [1.165, 1.54) is 0 Å². The van der Waals surface area contributed by atoms with E-state index in [4.69, 9.17) is 9.47 Å². The Morgan fingerprint density at radius 2 is 1.71 bits per heavy atom. The summed E-state index contributed by atoms with van der Waals surface area (Å²) < 4.78 is 11.0. The number of rotatable bonds is 6. The normalized spacial score (nSPS) is 11.5. The number of aromatic amines is 1. The van der Waals surface area contributed by atoms with Gasteiger partial charge in [-0.15, -0.1) is 0 Å². The van der Waals surface area contributed by atoms with Crippen molar-refractivity contribution in [3.63, 3.8) is 0 Å². The van der Waals surface area contributed by atoms with E-state index in [-0.39, 0.29) is 17.0 Å². The summed E-state index contributed by atoms with van der Waals surface area (Å²) in [5.41, 5.74) is 1.48. The number of carbonyl (C=O) groups excluding carboxylic acids is 1. The van der Waals surface area contributed by atoms with Crippen molar-refractivity contribution in [1.29, 1.82) is 5.26 Å². The third-order valence-corrected chi connectivity index (χ3v) is 4.44. The molecule has 0 fully saturated rings. The Kier molecular flexibility index (Phi) is 5.63. The van der Waals surface area contributed by atoms with Gasteiger partial charge < -0.3 is 19.6 Å². The molecule has 31 heavy (non-hydrogen) atoms. The van der Waals surface area contributed by atoms with Crippen LogP contribution in [-0.4, -0.2) is 27.7 Å². The largest absolute Gasteiger partial charge is 0.507 e. The summed E-state index contributed by atoms with van der Waals surface area (Å²) in [6, 6.07) is 24.8. The first-order chi connectivity index (χ1) is 15.2. The Morgan fingerprint density at radius 1 is 1.00 bits per heavy atom. The molecule has 0 spiro atoms.